The minimum atomic E-state index is -2.97. The monoisotopic (exact) mass is 352 g/mol. The normalized spacial score (nSPS) is 10.8. The van der Waals surface area contributed by atoms with Crippen molar-refractivity contribution in [2.45, 2.75) is 13.2 Å². The van der Waals surface area contributed by atoms with Crippen LogP contribution >= 0.6 is 11.3 Å². The molecule has 0 atom stereocenters. The molecule has 0 N–H and O–H groups in total. The summed E-state index contributed by atoms with van der Waals surface area (Å²) in [7, 11) is 0. The lowest BCUT2D eigenvalue weighted by molar-refractivity contribution is -0.0499. The lowest BCUT2D eigenvalue weighted by atomic mass is 10.2. The van der Waals surface area contributed by atoms with E-state index < -0.39 is 12.6 Å². The van der Waals surface area contributed by atoms with Gasteiger partial charge in [0.1, 0.15) is 5.75 Å². The van der Waals surface area contributed by atoms with E-state index in [4.69, 9.17) is 9.26 Å². The number of rotatable bonds is 6. The lowest BCUT2D eigenvalue weighted by Gasteiger charge is -2.06. The van der Waals surface area contributed by atoms with E-state index in [0.29, 0.717) is 5.82 Å². The van der Waals surface area contributed by atoms with E-state index in [1.165, 1.54) is 35.6 Å². The van der Waals surface area contributed by atoms with Crippen molar-refractivity contribution in [3.05, 3.63) is 53.2 Å². The average Bonchev–Trinajstić information content (AvgIpc) is 3.23. The molecule has 6 nitrogen and oxygen atoms in total. The van der Waals surface area contributed by atoms with Gasteiger partial charge in [0.05, 0.1) is 10.4 Å². The van der Waals surface area contributed by atoms with E-state index in [-0.39, 0.29) is 23.8 Å². The molecule has 24 heavy (non-hydrogen) atoms. The standard InChI is InChI=1S/C15H10F2N2O4S/c16-15(17)22-10-4-1-3-9(7-10)14(20)21-8-12-18-13(19-23-12)11-5-2-6-24-11/h1-7,15H,8H2. The quantitative estimate of drug-likeness (QED) is 0.629. The maximum Gasteiger partial charge on any atom is 0.387 e. The largest absolute Gasteiger partial charge is 0.452 e. The van der Waals surface area contributed by atoms with Crippen LogP contribution in [0, 0.1) is 0 Å². The van der Waals surface area contributed by atoms with Gasteiger partial charge in [-0.1, -0.05) is 17.3 Å². The fourth-order valence-electron chi connectivity index (χ4n) is 1.83. The molecule has 0 aliphatic heterocycles. The molecule has 0 unspecified atom stereocenters. The van der Waals surface area contributed by atoms with Crippen molar-refractivity contribution < 1.29 is 27.6 Å². The number of halogens is 2. The molecule has 0 spiro atoms. The van der Waals surface area contributed by atoms with E-state index >= 15 is 0 Å². The van der Waals surface area contributed by atoms with Crippen molar-refractivity contribution in [1.29, 1.82) is 0 Å². The minimum absolute atomic E-state index is 0.0751. The highest BCUT2D eigenvalue weighted by Crippen LogP contribution is 2.21. The van der Waals surface area contributed by atoms with Crippen molar-refractivity contribution in [2.24, 2.45) is 0 Å². The fraction of sp³-hybridized carbons (Fsp3) is 0.133. The molecule has 2 heterocycles. The number of thiophene rings is 1. The van der Waals surface area contributed by atoms with Gasteiger partial charge >= 0.3 is 12.6 Å². The summed E-state index contributed by atoms with van der Waals surface area (Å²) in [5, 5.41) is 5.66. The van der Waals surface area contributed by atoms with Crippen molar-refractivity contribution in [3.8, 4) is 16.5 Å². The first-order chi connectivity index (χ1) is 11.6. The van der Waals surface area contributed by atoms with Gasteiger partial charge < -0.3 is 14.0 Å². The predicted molar refractivity (Wildman–Crippen MR) is 79.8 cm³/mol. The Hall–Kier alpha value is -2.81. The number of esters is 1. The molecule has 2 aromatic heterocycles. The molecule has 3 aromatic rings. The fourth-order valence-corrected chi connectivity index (χ4v) is 2.48. The number of benzene rings is 1. The molecule has 0 saturated heterocycles. The molecule has 1 aromatic carbocycles. The van der Waals surface area contributed by atoms with Crippen LogP contribution in [0.5, 0.6) is 5.75 Å². The van der Waals surface area contributed by atoms with Crippen molar-refractivity contribution in [3.63, 3.8) is 0 Å². The topological polar surface area (TPSA) is 74.5 Å². The van der Waals surface area contributed by atoms with E-state index in [1.807, 2.05) is 17.5 Å². The van der Waals surface area contributed by atoms with Crippen LogP contribution in [0.15, 0.2) is 46.3 Å². The van der Waals surface area contributed by atoms with Crippen LogP contribution in [0.2, 0.25) is 0 Å². The zero-order chi connectivity index (χ0) is 16.9. The highest BCUT2D eigenvalue weighted by molar-refractivity contribution is 7.13. The number of alkyl halides is 2. The first kappa shape index (κ1) is 16.1. The molecule has 0 bridgehead atoms. The molecule has 0 aliphatic carbocycles. The van der Waals surface area contributed by atoms with Gasteiger partial charge in [-0.05, 0) is 29.6 Å². The molecule has 0 fully saturated rings. The minimum Gasteiger partial charge on any atom is -0.452 e. The van der Waals surface area contributed by atoms with Crippen molar-refractivity contribution in [1.82, 2.24) is 10.1 Å². The highest BCUT2D eigenvalue weighted by Gasteiger charge is 2.14. The maximum atomic E-state index is 12.2. The number of carbonyl (C=O) groups is 1. The summed E-state index contributed by atoms with van der Waals surface area (Å²) in [6, 6.07) is 9.00. The molecule has 0 amide bonds. The van der Waals surface area contributed by atoms with Gasteiger partial charge in [-0.3, -0.25) is 0 Å². The average molecular weight is 352 g/mol. The summed E-state index contributed by atoms with van der Waals surface area (Å²) < 4.78 is 38.6. The van der Waals surface area contributed by atoms with Gasteiger partial charge in [0, 0.05) is 0 Å². The van der Waals surface area contributed by atoms with Gasteiger partial charge in [0.15, 0.2) is 6.61 Å². The molecule has 0 radical (unpaired) electrons. The summed E-state index contributed by atoms with van der Waals surface area (Å²) in [6.07, 6.45) is 0. The molecular weight excluding hydrogens is 342 g/mol. The van der Waals surface area contributed by atoms with Crippen LogP contribution in [0.3, 0.4) is 0 Å². The summed E-state index contributed by atoms with van der Waals surface area (Å²) in [5.41, 5.74) is 0.0751. The Bertz CT molecular complexity index is 821. The highest BCUT2D eigenvalue weighted by atomic mass is 32.1. The molecular formula is C15H10F2N2O4S. The molecule has 9 heteroatoms. The van der Waals surface area contributed by atoms with Crippen LogP contribution in [-0.2, 0) is 11.3 Å². The maximum absolute atomic E-state index is 12.2. The lowest BCUT2D eigenvalue weighted by Crippen LogP contribution is -2.07. The Balaban J connectivity index is 1.61. The second-order valence-electron chi connectivity index (χ2n) is 4.47. The van der Waals surface area contributed by atoms with Crippen molar-refractivity contribution >= 4 is 17.3 Å². The summed E-state index contributed by atoms with van der Waals surface area (Å²) in [4.78, 5) is 16.9. The molecule has 0 saturated carbocycles. The molecule has 3 rings (SSSR count). The zero-order valence-corrected chi connectivity index (χ0v) is 12.8. The van der Waals surface area contributed by atoms with Gasteiger partial charge in [-0.15, -0.1) is 11.3 Å². The van der Waals surface area contributed by atoms with E-state index in [0.717, 1.165) is 4.88 Å². The second kappa shape index (κ2) is 7.18. The van der Waals surface area contributed by atoms with Crippen LogP contribution in [0.25, 0.3) is 10.7 Å². The van der Waals surface area contributed by atoms with Crippen molar-refractivity contribution in [2.75, 3.05) is 0 Å². The van der Waals surface area contributed by atoms with Crippen LogP contribution < -0.4 is 4.74 Å². The number of nitrogens with zero attached hydrogens (tertiary/aromatic N) is 2. The number of carbonyl (C=O) groups excluding carboxylic acids is 1. The summed E-state index contributed by atoms with van der Waals surface area (Å²) >= 11 is 1.45. The Labute approximate surface area is 138 Å². The summed E-state index contributed by atoms with van der Waals surface area (Å²) in [5.74, 6) is -0.307. The second-order valence-corrected chi connectivity index (χ2v) is 5.42. The predicted octanol–water partition coefficient (Wildman–Crippen LogP) is 3.76. The first-order valence-electron chi connectivity index (χ1n) is 6.70. The van der Waals surface area contributed by atoms with E-state index in [2.05, 4.69) is 14.9 Å². The first-order valence-corrected chi connectivity index (χ1v) is 7.58. The zero-order valence-electron chi connectivity index (χ0n) is 12.0. The Morgan fingerprint density at radius 3 is 2.92 bits per heavy atom. The third-order valence-electron chi connectivity index (χ3n) is 2.83. The van der Waals surface area contributed by atoms with Gasteiger partial charge in [-0.2, -0.15) is 13.8 Å². The van der Waals surface area contributed by atoms with Gasteiger partial charge in [-0.25, -0.2) is 4.79 Å². The third kappa shape index (κ3) is 3.93. The Morgan fingerprint density at radius 2 is 2.17 bits per heavy atom. The van der Waals surface area contributed by atoms with Gasteiger partial charge in [0.25, 0.3) is 5.89 Å². The van der Waals surface area contributed by atoms with Gasteiger partial charge in [0.2, 0.25) is 5.82 Å². The van der Waals surface area contributed by atoms with Crippen LogP contribution in [-0.4, -0.2) is 22.7 Å². The molecule has 0 aliphatic rings. The van der Waals surface area contributed by atoms with Crippen LogP contribution in [0.1, 0.15) is 16.2 Å². The van der Waals surface area contributed by atoms with E-state index in [9.17, 15) is 13.6 Å². The number of hydrogen-bond donors (Lipinski definition) is 0. The van der Waals surface area contributed by atoms with Crippen LogP contribution in [0.4, 0.5) is 8.78 Å². The Morgan fingerprint density at radius 1 is 1.29 bits per heavy atom. The SMILES string of the molecule is O=C(OCc1nc(-c2cccs2)no1)c1cccc(OC(F)F)c1. The third-order valence-corrected chi connectivity index (χ3v) is 3.70. The van der Waals surface area contributed by atoms with E-state index in [1.54, 1.807) is 0 Å². The Kier molecular flexibility index (Phi) is 4.80. The number of ether oxygens (including phenoxy) is 2. The summed E-state index contributed by atoms with van der Waals surface area (Å²) in [6.45, 7) is -3.19. The number of aromatic nitrogens is 2. The number of hydrogen-bond acceptors (Lipinski definition) is 7. The smallest absolute Gasteiger partial charge is 0.387 e. The molecule has 124 valence electrons.